The van der Waals surface area contributed by atoms with Crippen LogP contribution in [-0.4, -0.2) is 25.2 Å². The molecular formula is C12H15FN2O2. The van der Waals surface area contributed by atoms with Crippen molar-refractivity contribution in [3.63, 3.8) is 0 Å². The van der Waals surface area contributed by atoms with Crippen LogP contribution in [0.2, 0.25) is 0 Å². The second-order valence-corrected chi connectivity index (χ2v) is 4.16. The van der Waals surface area contributed by atoms with E-state index in [1.54, 1.807) is 12.1 Å². The van der Waals surface area contributed by atoms with Gasteiger partial charge in [-0.25, -0.2) is 4.39 Å². The van der Waals surface area contributed by atoms with Gasteiger partial charge in [0.15, 0.2) is 0 Å². The van der Waals surface area contributed by atoms with E-state index in [0.29, 0.717) is 18.9 Å². The van der Waals surface area contributed by atoms with Crippen LogP contribution in [0.15, 0.2) is 24.3 Å². The van der Waals surface area contributed by atoms with Gasteiger partial charge in [-0.1, -0.05) is 6.07 Å². The molecule has 2 unspecified atom stereocenters. The van der Waals surface area contributed by atoms with Gasteiger partial charge in [-0.3, -0.25) is 4.79 Å². The minimum absolute atomic E-state index is 0.0516. The standard InChI is InChI=1S/C12H15FN2O2/c13-9-2-1-3-10(6-9)15-11(12(14)16)8-4-5-17-7-8/h1-3,6,8,11,15H,4-5,7H2,(H2,14,16). The number of hydrogen-bond donors (Lipinski definition) is 2. The van der Waals surface area contributed by atoms with Crippen LogP contribution >= 0.6 is 0 Å². The lowest BCUT2D eigenvalue weighted by atomic mass is 9.98. The molecule has 1 heterocycles. The Labute approximate surface area is 98.9 Å². The van der Waals surface area contributed by atoms with Crippen LogP contribution < -0.4 is 11.1 Å². The van der Waals surface area contributed by atoms with E-state index >= 15 is 0 Å². The van der Waals surface area contributed by atoms with Crippen molar-refractivity contribution in [3.8, 4) is 0 Å². The van der Waals surface area contributed by atoms with Crippen molar-refractivity contribution in [3.05, 3.63) is 30.1 Å². The van der Waals surface area contributed by atoms with E-state index in [1.807, 2.05) is 0 Å². The van der Waals surface area contributed by atoms with Crippen LogP contribution in [0.25, 0.3) is 0 Å². The fraction of sp³-hybridized carbons (Fsp3) is 0.417. The predicted molar refractivity (Wildman–Crippen MR) is 61.9 cm³/mol. The summed E-state index contributed by atoms with van der Waals surface area (Å²) in [6.45, 7) is 1.15. The lowest BCUT2D eigenvalue weighted by Crippen LogP contribution is -2.41. The number of halogens is 1. The minimum atomic E-state index is -0.515. The molecule has 2 atom stereocenters. The molecule has 3 N–H and O–H groups in total. The van der Waals surface area contributed by atoms with E-state index in [2.05, 4.69) is 5.32 Å². The number of amides is 1. The number of ether oxygens (including phenoxy) is 1. The smallest absolute Gasteiger partial charge is 0.240 e. The van der Waals surface area contributed by atoms with Crippen LogP contribution in [0.1, 0.15) is 6.42 Å². The fourth-order valence-corrected chi connectivity index (χ4v) is 1.99. The molecule has 92 valence electrons. The number of hydrogen-bond acceptors (Lipinski definition) is 3. The maximum Gasteiger partial charge on any atom is 0.240 e. The summed E-state index contributed by atoms with van der Waals surface area (Å²) in [6.07, 6.45) is 0.788. The summed E-state index contributed by atoms with van der Waals surface area (Å²) in [5.41, 5.74) is 5.91. The quantitative estimate of drug-likeness (QED) is 0.826. The summed E-state index contributed by atoms with van der Waals surface area (Å²) in [4.78, 5) is 11.4. The monoisotopic (exact) mass is 238 g/mol. The zero-order valence-electron chi connectivity index (χ0n) is 9.36. The molecule has 1 amide bonds. The van der Waals surface area contributed by atoms with Crippen molar-refractivity contribution in [1.82, 2.24) is 0 Å². The molecule has 0 saturated carbocycles. The van der Waals surface area contributed by atoms with E-state index in [-0.39, 0.29) is 11.7 Å². The van der Waals surface area contributed by atoms with Crippen LogP contribution in [0.4, 0.5) is 10.1 Å². The minimum Gasteiger partial charge on any atom is -0.381 e. The fourth-order valence-electron chi connectivity index (χ4n) is 1.99. The van der Waals surface area contributed by atoms with Crippen LogP contribution in [-0.2, 0) is 9.53 Å². The third-order valence-corrected chi connectivity index (χ3v) is 2.89. The zero-order chi connectivity index (χ0) is 12.3. The molecule has 2 rings (SSSR count). The van der Waals surface area contributed by atoms with Crippen molar-refractivity contribution in [2.24, 2.45) is 11.7 Å². The first kappa shape index (κ1) is 11.9. The van der Waals surface area contributed by atoms with Gasteiger partial charge < -0.3 is 15.8 Å². The SMILES string of the molecule is NC(=O)C(Nc1cccc(F)c1)C1CCOC1. The second kappa shape index (κ2) is 5.14. The van der Waals surface area contributed by atoms with E-state index in [9.17, 15) is 9.18 Å². The topological polar surface area (TPSA) is 64.4 Å². The number of nitrogens with one attached hydrogen (secondary N) is 1. The highest BCUT2D eigenvalue weighted by Gasteiger charge is 2.29. The van der Waals surface area contributed by atoms with E-state index in [1.165, 1.54) is 12.1 Å². The lowest BCUT2D eigenvalue weighted by Gasteiger charge is -2.21. The molecule has 0 spiro atoms. The number of anilines is 1. The van der Waals surface area contributed by atoms with Crippen molar-refractivity contribution >= 4 is 11.6 Å². The van der Waals surface area contributed by atoms with E-state index < -0.39 is 11.9 Å². The zero-order valence-corrected chi connectivity index (χ0v) is 9.36. The summed E-state index contributed by atoms with van der Waals surface area (Å²) in [7, 11) is 0. The molecule has 1 aromatic carbocycles. The second-order valence-electron chi connectivity index (χ2n) is 4.16. The molecule has 4 nitrogen and oxygen atoms in total. The average molecular weight is 238 g/mol. The molecule has 1 saturated heterocycles. The molecule has 0 aromatic heterocycles. The Hall–Kier alpha value is -1.62. The highest BCUT2D eigenvalue weighted by molar-refractivity contribution is 5.83. The largest absolute Gasteiger partial charge is 0.381 e. The Morgan fingerprint density at radius 3 is 3.00 bits per heavy atom. The number of benzene rings is 1. The normalized spacial score (nSPS) is 21.1. The van der Waals surface area contributed by atoms with Crippen molar-refractivity contribution < 1.29 is 13.9 Å². The first-order valence-electron chi connectivity index (χ1n) is 5.56. The van der Waals surface area contributed by atoms with Gasteiger partial charge >= 0.3 is 0 Å². The molecule has 0 aliphatic carbocycles. The van der Waals surface area contributed by atoms with Gasteiger partial charge in [-0.15, -0.1) is 0 Å². The molecule has 1 aliphatic rings. The Morgan fingerprint density at radius 1 is 1.59 bits per heavy atom. The number of carbonyl (C=O) groups excluding carboxylic acids is 1. The summed E-state index contributed by atoms with van der Waals surface area (Å²) < 4.78 is 18.2. The maximum atomic E-state index is 13.0. The Kier molecular flexibility index (Phi) is 3.58. The van der Waals surface area contributed by atoms with E-state index in [4.69, 9.17) is 10.5 Å². The van der Waals surface area contributed by atoms with Crippen LogP contribution in [0.5, 0.6) is 0 Å². The summed E-state index contributed by atoms with van der Waals surface area (Å²) >= 11 is 0. The third-order valence-electron chi connectivity index (χ3n) is 2.89. The summed E-state index contributed by atoms with van der Waals surface area (Å²) in [5.74, 6) is -0.735. The maximum absolute atomic E-state index is 13.0. The summed E-state index contributed by atoms with van der Waals surface area (Å²) in [5, 5.41) is 2.97. The van der Waals surface area contributed by atoms with Gasteiger partial charge in [0, 0.05) is 18.2 Å². The highest BCUT2D eigenvalue weighted by Crippen LogP contribution is 2.20. The molecule has 0 bridgehead atoms. The van der Waals surface area contributed by atoms with Gasteiger partial charge in [0.05, 0.1) is 6.61 Å². The first-order chi connectivity index (χ1) is 8.16. The first-order valence-corrected chi connectivity index (χ1v) is 5.56. The average Bonchev–Trinajstić information content (AvgIpc) is 2.78. The number of rotatable bonds is 4. The Morgan fingerprint density at radius 2 is 2.41 bits per heavy atom. The number of carbonyl (C=O) groups is 1. The highest BCUT2D eigenvalue weighted by atomic mass is 19.1. The van der Waals surface area contributed by atoms with Gasteiger partial charge in [0.25, 0.3) is 0 Å². The van der Waals surface area contributed by atoms with Gasteiger partial charge in [-0.05, 0) is 24.6 Å². The van der Waals surface area contributed by atoms with E-state index in [0.717, 1.165) is 6.42 Å². The van der Waals surface area contributed by atoms with Crippen LogP contribution in [0, 0.1) is 11.7 Å². The third kappa shape index (κ3) is 2.94. The van der Waals surface area contributed by atoms with Crippen molar-refractivity contribution in [2.45, 2.75) is 12.5 Å². The molecular weight excluding hydrogens is 223 g/mol. The predicted octanol–water partition coefficient (Wildman–Crippen LogP) is 1.13. The molecule has 1 aromatic rings. The lowest BCUT2D eigenvalue weighted by molar-refractivity contribution is -0.119. The molecule has 1 aliphatic heterocycles. The van der Waals surface area contributed by atoms with Gasteiger partial charge in [0.1, 0.15) is 11.9 Å². The van der Waals surface area contributed by atoms with Gasteiger partial charge in [-0.2, -0.15) is 0 Å². The summed E-state index contributed by atoms with van der Waals surface area (Å²) in [6, 6.07) is 5.46. The molecule has 1 fully saturated rings. The van der Waals surface area contributed by atoms with Gasteiger partial charge in [0.2, 0.25) is 5.91 Å². The molecule has 0 radical (unpaired) electrons. The number of nitrogens with two attached hydrogens (primary N) is 1. The van der Waals surface area contributed by atoms with Crippen LogP contribution in [0.3, 0.4) is 0 Å². The Balaban J connectivity index is 2.09. The van der Waals surface area contributed by atoms with Crippen molar-refractivity contribution in [2.75, 3.05) is 18.5 Å². The molecule has 5 heteroatoms. The number of primary amides is 1. The Bertz CT molecular complexity index is 405. The van der Waals surface area contributed by atoms with Crippen molar-refractivity contribution in [1.29, 1.82) is 0 Å². The molecule has 17 heavy (non-hydrogen) atoms.